The second kappa shape index (κ2) is 6.30. The van der Waals surface area contributed by atoms with E-state index in [1.54, 1.807) is 0 Å². The van der Waals surface area contributed by atoms with Crippen LogP contribution in [0.3, 0.4) is 0 Å². The Morgan fingerprint density at radius 1 is 1.16 bits per heavy atom. The van der Waals surface area contributed by atoms with E-state index in [4.69, 9.17) is 5.11 Å². The van der Waals surface area contributed by atoms with Gasteiger partial charge in [-0.25, -0.2) is 8.78 Å². The van der Waals surface area contributed by atoms with Crippen molar-refractivity contribution < 1.29 is 23.5 Å². The molecule has 2 N–H and O–H groups in total. The fraction of sp³-hybridized carbons (Fsp3) is 0.846. The Kier molecular flexibility index (Phi) is 5.26. The van der Waals surface area contributed by atoms with Gasteiger partial charge >= 0.3 is 5.97 Å². The minimum Gasteiger partial charge on any atom is -0.481 e. The van der Waals surface area contributed by atoms with Crippen molar-refractivity contribution in [2.24, 2.45) is 5.41 Å². The molecular weight excluding hydrogens is 256 g/mol. The molecule has 6 heteroatoms. The second-order valence-corrected chi connectivity index (χ2v) is 5.38. The molecule has 19 heavy (non-hydrogen) atoms. The number of carboxylic acid groups (broad SMARTS) is 1. The maximum absolute atomic E-state index is 12.9. The molecule has 4 nitrogen and oxygen atoms in total. The van der Waals surface area contributed by atoms with Crippen LogP contribution in [-0.4, -0.2) is 29.5 Å². The Balaban J connectivity index is 1.97. The predicted molar refractivity (Wildman–Crippen MR) is 66.0 cm³/mol. The summed E-state index contributed by atoms with van der Waals surface area (Å²) in [5, 5.41) is 11.0. The molecule has 0 spiro atoms. The van der Waals surface area contributed by atoms with Crippen LogP contribution in [0.2, 0.25) is 0 Å². The summed E-state index contributed by atoms with van der Waals surface area (Å²) in [5.41, 5.74) is -1.51. The number of hydrogen-bond acceptors (Lipinski definition) is 2. The summed E-state index contributed by atoms with van der Waals surface area (Å²) in [7, 11) is 0. The van der Waals surface area contributed by atoms with Crippen LogP contribution in [0, 0.1) is 5.41 Å². The Hall–Kier alpha value is -1.20. The molecule has 110 valence electrons. The summed E-state index contributed by atoms with van der Waals surface area (Å²) in [6, 6.07) is 0. The molecule has 1 saturated carbocycles. The SMILES string of the molecule is CC1(C(=O)NCCCCCCCC(=O)O)CC1(F)F. The van der Waals surface area contributed by atoms with Gasteiger partial charge in [0.25, 0.3) is 5.92 Å². The number of amides is 1. The molecule has 0 heterocycles. The van der Waals surface area contributed by atoms with Gasteiger partial charge in [-0.2, -0.15) is 0 Å². The van der Waals surface area contributed by atoms with Crippen LogP contribution in [0.4, 0.5) is 8.78 Å². The van der Waals surface area contributed by atoms with Crippen LogP contribution in [0.1, 0.15) is 51.9 Å². The highest BCUT2D eigenvalue weighted by molar-refractivity contribution is 5.86. The molecule has 0 aromatic carbocycles. The number of carbonyl (C=O) groups is 2. The molecule has 1 rings (SSSR count). The van der Waals surface area contributed by atoms with E-state index in [2.05, 4.69) is 5.32 Å². The zero-order valence-electron chi connectivity index (χ0n) is 11.2. The van der Waals surface area contributed by atoms with Crippen LogP contribution < -0.4 is 5.32 Å². The molecule has 0 radical (unpaired) electrons. The van der Waals surface area contributed by atoms with Gasteiger partial charge in [0.1, 0.15) is 5.41 Å². The molecular formula is C13H21F2NO3. The average molecular weight is 277 g/mol. The van der Waals surface area contributed by atoms with Gasteiger partial charge < -0.3 is 10.4 Å². The minimum atomic E-state index is -2.85. The number of halogens is 2. The first-order valence-corrected chi connectivity index (χ1v) is 6.67. The van der Waals surface area contributed by atoms with Gasteiger partial charge in [0, 0.05) is 19.4 Å². The average Bonchev–Trinajstić information content (AvgIpc) is 2.82. The first-order chi connectivity index (χ1) is 8.79. The van der Waals surface area contributed by atoms with Crippen LogP contribution in [0.5, 0.6) is 0 Å². The van der Waals surface area contributed by atoms with Gasteiger partial charge in [-0.3, -0.25) is 9.59 Å². The summed E-state index contributed by atoms with van der Waals surface area (Å²) < 4.78 is 25.8. The highest BCUT2D eigenvalue weighted by Crippen LogP contribution is 2.60. The molecule has 0 bridgehead atoms. The van der Waals surface area contributed by atoms with Gasteiger partial charge in [0.2, 0.25) is 5.91 Å². The van der Waals surface area contributed by atoms with Crippen LogP contribution in [-0.2, 0) is 9.59 Å². The molecule has 1 aliphatic carbocycles. The summed E-state index contributed by atoms with van der Waals surface area (Å²) in [5.74, 6) is -4.21. The highest BCUT2D eigenvalue weighted by Gasteiger charge is 2.72. The highest BCUT2D eigenvalue weighted by atomic mass is 19.3. The van der Waals surface area contributed by atoms with Crippen molar-refractivity contribution in [3.63, 3.8) is 0 Å². The Morgan fingerprint density at radius 2 is 1.68 bits per heavy atom. The molecule has 0 saturated heterocycles. The number of nitrogens with one attached hydrogen (secondary N) is 1. The third-order valence-electron chi connectivity index (χ3n) is 3.61. The number of alkyl halides is 2. The topological polar surface area (TPSA) is 66.4 Å². The number of hydrogen-bond donors (Lipinski definition) is 2. The lowest BCUT2D eigenvalue weighted by Crippen LogP contribution is -2.34. The predicted octanol–water partition coefficient (Wildman–Crippen LogP) is 2.57. The summed E-state index contributed by atoms with van der Waals surface area (Å²) in [6.07, 6.45) is 3.83. The van der Waals surface area contributed by atoms with Gasteiger partial charge in [-0.05, 0) is 19.8 Å². The Labute approximate surface area is 111 Å². The van der Waals surface area contributed by atoms with Crippen molar-refractivity contribution in [2.75, 3.05) is 6.54 Å². The Bertz CT molecular complexity index is 347. The van der Waals surface area contributed by atoms with Crippen molar-refractivity contribution in [1.82, 2.24) is 5.32 Å². The molecule has 0 aromatic heterocycles. The summed E-state index contributed by atoms with van der Waals surface area (Å²) in [4.78, 5) is 21.7. The van der Waals surface area contributed by atoms with E-state index in [1.807, 2.05) is 0 Å². The second-order valence-electron chi connectivity index (χ2n) is 5.38. The van der Waals surface area contributed by atoms with Gasteiger partial charge in [-0.15, -0.1) is 0 Å². The van der Waals surface area contributed by atoms with Crippen molar-refractivity contribution in [3.8, 4) is 0 Å². The largest absolute Gasteiger partial charge is 0.481 e. The van der Waals surface area contributed by atoms with Crippen LogP contribution in [0.15, 0.2) is 0 Å². The van der Waals surface area contributed by atoms with Gasteiger partial charge in [0.05, 0.1) is 0 Å². The molecule has 1 fully saturated rings. The smallest absolute Gasteiger partial charge is 0.303 e. The number of carbonyl (C=O) groups excluding carboxylic acids is 1. The third kappa shape index (κ3) is 4.44. The Morgan fingerprint density at radius 3 is 2.21 bits per heavy atom. The van der Waals surface area contributed by atoms with Crippen molar-refractivity contribution in [1.29, 1.82) is 0 Å². The maximum atomic E-state index is 12.9. The molecule has 1 aliphatic rings. The standard InChI is InChI=1S/C13H21F2NO3/c1-12(9-13(12,14)15)11(19)16-8-6-4-2-3-5-7-10(17)18/h2-9H2,1H3,(H,16,19)(H,17,18). The van der Waals surface area contributed by atoms with E-state index in [0.29, 0.717) is 13.0 Å². The summed E-state index contributed by atoms with van der Waals surface area (Å²) >= 11 is 0. The monoisotopic (exact) mass is 277 g/mol. The van der Waals surface area contributed by atoms with Gasteiger partial charge in [-0.1, -0.05) is 19.3 Å². The van der Waals surface area contributed by atoms with E-state index in [-0.39, 0.29) is 12.8 Å². The molecule has 0 aromatic rings. The summed E-state index contributed by atoms with van der Waals surface area (Å²) in [6.45, 7) is 1.69. The quantitative estimate of drug-likeness (QED) is 0.636. The zero-order chi connectivity index (χ0) is 14.5. The van der Waals surface area contributed by atoms with E-state index < -0.39 is 23.2 Å². The van der Waals surface area contributed by atoms with E-state index in [1.165, 1.54) is 6.92 Å². The fourth-order valence-electron chi connectivity index (χ4n) is 1.97. The van der Waals surface area contributed by atoms with Crippen molar-refractivity contribution in [2.45, 2.75) is 57.8 Å². The van der Waals surface area contributed by atoms with E-state index >= 15 is 0 Å². The lowest BCUT2D eigenvalue weighted by atomic mass is 10.1. The third-order valence-corrected chi connectivity index (χ3v) is 3.61. The lowest BCUT2D eigenvalue weighted by molar-refractivity contribution is -0.137. The molecule has 1 atom stereocenters. The molecule has 1 amide bonds. The van der Waals surface area contributed by atoms with Crippen LogP contribution >= 0.6 is 0 Å². The van der Waals surface area contributed by atoms with Crippen molar-refractivity contribution in [3.05, 3.63) is 0 Å². The lowest BCUT2D eigenvalue weighted by Gasteiger charge is -2.10. The number of aliphatic carboxylic acids is 1. The van der Waals surface area contributed by atoms with E-state index in [0.717, 1.165) is 25.7 Å². The molecule has 0 aliphatic heterocycles. The number of unbranched alkanes of at least 4 members (excludes halogenated alkanes) is 4. The normalized spacial score (nSPS) is 23.9. The zero-order valence-corrected chi connectivity index (χ0v) is 11.2. The molecule has 1 unspecified atom stereocenters. The number of rotatable bonds is 9. The number of carboxylic acids is 1. The van der Waals surface area contributed by atoms with Gasteiger partial charge in [0.15, 0.2) is 0 Å². The minimum absolute atomic E-state index is 0.185. The first-order valence-electron chi connectivity index (χ1n) is 6.67. The van der Waals surface area contributed by atoms with E-state index in [9.17, 15) is 18.4 Å². The van der Waals surface area contributed by atoms with Crippen LogP contribution in [0.25, 0.3) is 0 Å². The fourth-order valence-corrected chi connectivity index (χ4v) is 1.97. The first kappa shape index (κ1) is 15.9. The van der Waals surface area contributed by atoms with Crippen molar-refractivity contribution >= 4 is 11.9 Å². The maximum Gasteiger partial charge on any atom is 0.303 e.